The fraction of sp³-hybridized carbons (Fsp3) is 0.593. The second-order valence-corrected chi connectivity index (χ2v) is 10.2. The summed E-state index contributed by atoms with van der Waals surface area (Å²) >= 11 is 0. The molecule has 5 nitrogen and oxygen atoms in total. The van der Waals surface area contributed by atoms with Crippen molar-refractivity contribution in [3.63, 3.8) is 0 Å². The van der Waals surface area contributed by atoms with E-state index in [2.05, 4.69) is 71.2 Å². The van der Waals surface area contributed by atoms with Crippen LogP contribution in [0.4, 0.5) is 5.69 Å². The molecule has 1 N–H and O–H groups in total. The minimum absolute atomic E-state index is 0.447. The zero-order valence-electron chi connectivity index (χ0n) is 20.1. The normalized spacial score (nSPS) is 24.0. The Balaban J connectivity index is 1.28. The summed E-state index contributed by atoms with van der Waals surface area (Å²) < 4.78 is 0. The van der Waals surface area contributed by atoms with Crippen LogP contribution in [0, 0.1) is 0 Å². The molecule has 1 fully saturated rings. The Kier molecular flexibility index (Phi) is 6.49. The van der Waals surface area contributed by atoms with Gasteiger partial charge in [0.2, 0.25) is 0 Å². The van der Waals surface area contributed by atoms with Gasteiger partial charge in [-0.05, 0) is 75.4 Å². The van der Waals surface area contributed by atoms with E-state index in [0.29, 0.717) is 18.1 Å². The van der Waals surface area contributed by atoms with Gasteiger partial charge in [-0.15, -0.1) is 0 Å². The molecule has 1 aromatic heterocycles. The van der Waals surface area contributed by atoms with E-state index in [1.165, 1.54) is 54.9 Å². The quantitative estimate of drug-likeness (QED) is 0.779. The molecule has 0 bridgehead atoms. The molecule has 32 heavy (non-hydrogen) atoms. The van der Waals surface area contributed by atoms with Crippen LogP contribution in [-0.2, 0) is 19.4 Å². The van der Waals surface area contributed by atoms with Crippen molar-refractivity contribution in [3.8, 4) is 0 Å². The number of nitrogens with zero attached hydrogens (tertiary/aromatic N) is 4. The molecular weight excluding hydrogens is 394 g/mol. The van der Waals surface area contributed by atoms with Crippen molar-refractivity contribution in [1.29, 1.82) is 0 Å². The number of benzene rings is 1. The molecule has 1 aliphatic carbocycles. The Morgan fingerprint density at radius 3 is 2.72 bits per heavy atom. The van der Waals surface area contributed by atoms with Gasteiger partial charge in [-0.2, -0.15) is 0 Å². The van der Waals surface area contributed by atoms with Crippen molar-refractivity contribution in [2.75, 3.05) is 44.7 Å². The predicted octanol–water partition coefficient (Wildman–Crippen LogP) is 3.64. The van der Waals surface area contributed by atoms with Crippen LogP contribution in [-0.4, -0.2) is 66.6 Å². The molecule has 2 atom stereocenters. The number of fused-ring (bicyclic) bond motifs is 2. The molecule has 172 valence electrons. The number of nitrogens with one attached hydrogen (secondary N) is 1. The topological polar surface area (TPSA) is 34.6 Å². The standard InChI is InChI=1S/C27H39N5/c1-20(2)31-13-15-32(16-14-31)25-10-5-8-22-18-29-23(17-24(22)25)19-30(3)26-11-4-7-21-9-6-12-28-27(21)26/h5-6,8-10,12,20,23,26,29H,4,7,11,13-19H2,1-3H3/t23-,26?/m1/s1. The highest BCUT2D eigenvalue weighted by Gasteiger charge is 2.29. The van der Waals surface area contributed by atoms with Crippen LogP contribution < -0.4 is 10.2 Å². The summed E-state index contributed by atoms with van der Waals surface area (Å²) in [6.45, 7) is 11.3. The fourth-order valence-corrected chi connectivity index (χ4v) is 5.99. The number of aryl methyl sites for hydroxylation is 1. The van der Waals surface area contributed by atoms with Crippen molar-refractivity contribution in [2.45, 2.75) is 64.2 Å². The van der Waals surface area contributed by atoms with E-state index in [1.54, 1.807) is 5.56 Å². The molecule has 0 amide bonds. The van der Waals surface area contributed by atoms with Crippen LogP contribution in [0.3, 0.4) is 0 Å². The van der Waals surface area contributed by atoms with Crippen molar-refractivity contribution >= 4 is 5.69 Å². The average molecular weight is 434 g/mol. The number of anilines is 1. The maximum absolute atomic E-state index is 4.77. The number of piperazine rings is 1. The average Bonchev–Trinajstić information content (AvgIpc) is 2.83. The van der Waals surface area contributed by atoms with Gasteiger partial charge >= 0.3 is 0 Å². The lowest BCUT2D eigenvalue weighted by Crippen LogP contribution is -2.50. The zero-order valence-corrected chi connectivity index (χ0v) is 20.1. The first-order valence-electron chi connectivity index (χ1n) is 12.6. The molecule has 2 aromatic rings. The van der Waals surface area contributed by atoms with E-state index in [9.17, 15) is 0 Å². The molecule has 1 saturated heterocycles. The van der Waals surface area contributed by atoms with Crippen molar-refractivity contribution in [3.05, 3.63) is 58.9 Å². The Hall–Kier alpha value is -1.95. The zero-order chi connectivity index (χ0) is 22.1. The number of hydrogen-bond donors (Lipinski definition) is 1. The third-order valence-electron chi connectivity index (χ3n) is 7.87. The fourth-order valence-electron chi connectivity index (χ4n) is 5.99. The van der Waals surface area contributed by atoms with Gasteiger partial charge in [-0.3, -0.25) is 14.8 Å². The Bertz CT molecular complexity index is 918. The number of pyridine rings is 1. The summed E-state index contributed by atoms with van der Waals surface area (Å²) in [5.41, 5.74) is 7.29. The third kappa shape index (κ3) is 4.43. The van der Waals surface area contributed by atoms with E-state index in [1.807, 2.05) is 6.20 Å². The van der Waals surface area contributed by atoms with Gasteiger partial charge in [-0.1, -0.05) is 18.2 Å². The van der Waals surface area contributed by atoms with Gasteiger partial charge in [0, 0.05) is 63.2 Å². The summed E-state index contributed by atoms with van der Waals surface area (Å²) in [7, 11) is 2.29. The first-order chi connectivity index (χ1) is 15.6. The van der Waals surface area contributed by atoms with E-state index >= 15 is 0 Å². The minimum Gasteiger partial charge on any atom is -0.369 e. The van der Waals surface area contributed by atoms with Gasteiger partial charge in [0.05, 0.1) is 11.7 Å². The second kappa shape index (κ2) is 9.50. The number of rotatable bonds is 5. The molecule has 3 heterocycles. The highest BCUT2D eigenvalue weighted by molar-refractivity contribution is 5.58. The largest absolute Gasteiger partial charge is 0.369 e. The maximum atomic E-state index is 4.77. The highest BCUT2D eigenvalue weighted by atomic mass is 15.3. The lowest BCUT2D eigenvalue weighted by atomic mass is 9.89. The summed E-state index contributed by atoms with van der Waals surface area (Å²) in [6.07, 6.45) is 6.74. The monoisotopic (exact) mass is 433 g/mol. The van der Waals surface area contributed by atoms with Gasteiger partial charge < -0.3 is 10.2 Å². The van der Waals surface area contributed by atoms with Gasteiger partial charge in [0.15, 0.2) is 0 Å². The highest BCUT2D eigenvalue weighted by Crippen LogP contribution is 2.33. The maximum Gasteiger partial charge on any atom is 0.0607 e. The van der Waals surface area contributed by atoms with Crippen LogP contribution >= 0.6 is 0 Å². The molecule has 0 radical (unpaired) electrons. The molecule has 0 saturated carbocycles. The summed E-state index contributed by atoms with van der Waals surface area (Å²) in [5.74, 6) is 0. The molecule has 2 aliphatic heterocycles. The van der Waals surface area contributed by atoms with Crippen LogP contribution in [0.5, 0.6) is 0 Å². The Labute approximate surface area is 193 Å². The van der Waals surface area contributed by atoms with Gasteiger partial charge in [0.1, 0.15) is 0 Å². The van der Waals surface area contributed by atoms with Crippen LogP contribution in [0.15, 0.2) is 36.5 Å². The molecule has 1 unspecified atom stereocenters. The second-order valence-electron chi connectivity index (χ2n) is 10.2. The number of hydrogen-bond acceptors (Lipinski definition) is 5. The Morgan fingerprint density at radius 1 is 1.09 bits per heavy atom. The molecule has 0 spiro atoms. The van der Waals surface area contributed by atoms with Crippen LogP contribution in [0.2, 0.25) is 0 Å². The van der Waals surface area contributed by atoms with E-state index in [0.717, 1.165) is 32.6 Å². The smallest absolute Gasteiger partial charge is 0.0607 e. The SMILES string of the molecule is CC(C)N1CCN(c2cccc3c2C[C@H](CN(C)C2CCCc4cccnc42)NC3)CC1. The van der Waals surface area contributed by atoms with Crippen molar-refractivity contribution in [2.24, 2.45) is 0 Å². The van der Waals surface area contributed by atoms with E-state index < -0.39 is 0 Å². The van der Waals surface area contributed by atoms with E-state index in [4.69, 9.17) is 4.98 Å². The molecule has 3 aliphatic rings. The molecule has 1 aromatic carbocycles. The molecule has 5 rings (SSSR count). The van der Waals surface area contributed by atoms with Crippen LogP contribution in [0.1, 0.15) is 55.1 Å². The predicted molar refractivity (Wildman–Crippen MR) is 132 cm³/mol. The first-order valence-corrected chi connectivity index (χ1v) is 12.6. The molecular formula is C27H39N5. The van der Waals surface area contributed by atoms with E-state index in [-0.39, 0.29) is 0 Å². The Morgan fingerprint density at radius 2 is 1.91 bits per heavy atom. The van der Waals surface area contributed by atoms with Gasteiger partial charge in [-0.25, -0.2) is 0 Å². The van der Waals surface area contributed by atoms with Crippen molar-refractivity contribution < 1.29 is 0 Å². The first kappa shape index (κ1) is 21.9. The third-order valence-corrected chi connectivity index (χ3v) is 7.87. The lowest BCUT2D eigenvalue weighted by Gasteiger charge is -2.41. The van der Waals surface area contributed by atoms with Crippen LogP contribution in [0.25, 0.3) is 0 Å². The summed E-state index contributed by atoms with van der Waals surface area (Å²) in [5, 5.41) is 3.83. The number of aromatic nitrogens is 1. The molecule has 5 heteroatoms. The lowest BCUT2D eigenvalue weighted by molar-refractivity contribution is 0.190. The van der Waals surface area contributed by atoms with Crippen molar-refractivity contribution in [1.82, 2.24) is 20.1 Å². The number of likely N-dealkylation sites (N-methyl/N-ethyl adjacent to an activating group) is 1. The summed E-state index contributed by atoms with van der Waals surface area (Å²) in [6, 6.07) is 12.9. The minimum atomic E-state index is 0.447. The summed E-state index contributed by atoms with van der Waals surface area (Å²) in [4.78, 5) is 12.6. The van der Waals surface area contributed by atoms with Gasteiger partial charge in [0.25, 0.3) is 0 Å².